The summed E-state index contributed by atoms with van der Waals surface area (Å²) in [5.41, 5.74) is 1.25. The highest BCUT2D eigenvalue weighted by Gasteiger charge is 2.37. The molecule has 1 aromatic carbocycles. The van der Waals surface area contributed by atoms with Crippen molar-refractivity contribution in [2.24, 2.45) is 0 Å². The molecule has 28 heavy (non-hydrogen) atoms. The van der Waals surface area contributed by atoms with E-state index < -0.39 is 10.0 Å². The first kappa shape index (κ1) is 19.1. The third-order valence-corrected chi connectivity index (χ3v) is 7.39. The minimum absolute atomic E-state index is 0.140. The molecule has 7 heteroatoms. The van der Waals surface area contributed by atoms with Crippen molar-refractivity contribution in [3.8, 4) is 0 Å². The molecule has 2 heterocycles. The Morgan fingerprint density at radius 3 is 2.54 bits per heavy atom. The van der Waals surface area contributed by atoms with Gasteiger partial charge in [-0.05, 0) is 62.9 Å². The molecule has 1 saturated heterocycles. The number of carbonyl (C=O) groups is 1. The normalized spacial score (nSPS) is 18.8. The zero-order chi connectivity index (χ0) is 19.7. The highest BCUT2D eigenvalue weighted by atomic mass is 32.2. The van der Waals surface area contributed by atoms with E-state index in [1.54, 1.807) is 24.4 Å². The van der Waals surface area contributed by atoms with Crippen LogP contribution in [-0.2, 0) is 10.0 Å². The first-order chi connectivity index (χ1) is 13.5. The molecule has 4 rings (SSSR count). The van der Waals surface area contributed by atoms with Crippen LogP contribution >= 0.6 is 0 Å². The standard InChI is InChI=1S/C21H25N3O3S/c1-16(20-9-2-3-12-22-20)24(18-10-11-18)21(25)17-7-6-8-19(15-17)28(26,27)23-13-4-5-14-23/h2-3,6-9,12,15-16,18H,4-5,10-11,13-14H2,1H3. The van der Waals surface area contributed by atoms with E-state index in [0.29, 0.717) is 18.7 Å². The molecule has 0 radical (unpaired) electrons. The highest BCUT2D eigenvalue weighted by molar-refractivity contribution is 7.89. The lowest BCUT2D eigenvalue weighted by molar-refractivity contribution is 0.0670. The molecule has 1 unspecified atom stereocenters. The Kier molecular flexibility index (Phi) is 5.21. The summed E-state index contributed by atoms with van der Waals surface area (Å²) >= 11 is 0. The molecule has 2 aliphatic rings. The van der Waals surface area contributed by atoms with Gasteiger partial charge in [0.25, 0.3) is 5.91 Å². The second-order valence-corrected chi connectivity index (χ2v) is 9.45. The molecule has 1 saturated carbocycles. The van der Waals surface area contributed by atoms with Crippen LogP contribution in [0.5, 0.6) is 0 Å². The van der Waals surface area contributed by atoms with Crippen molar-refractivity contribution in [1.82, 2.24) is 14.2 Å². The van der Waals surface area contributed by atoms with Gasteiger partial charge in [0.15, 0.2) is 0 Å². The third-order valence-electron chi connectivity index (χ3n) is 5.49. The molecule has 1 amide bonds. The van der Waals surface area contributed by atoms with Crippen molar-refractivity contribution in [2.45, 2.75) is 49.6 Å². The van der Waals surface area contributed by atoms with Gasteiger partial charge < -0.3 is 4.90 Å². The van der Waals surface area contributed by atoms with Gasteiger partial charge in [0.05, 0.1) is 16.6 Å². The fraction of sp³-hybridized carbons (Fsp3) is 0.429. The number of aromatic nitrogens is 1. The van der Waals surface area contributed by atoms with E-state index in [9.17, 15) is 13.2 Å². The Bertz CT molecular complexity index is 952. The molecule has 2 aromatic rings. The summed E-state index contributed by atoms with van der Waals surface area (Å²) in [6, 6.07) is 12.2. The van der Waals surface area contributed by atoms with Crippen LogP contribution in [0.2, 0.25) is 0 Å². The Morgan fingerprint density at radius 2 is 1.89 bits per heavy atom. The zero-order valence-electron chi connectivity index (χ0n) is 16.0. The Hall–Kier alpha value is -2.25. The molecule has 6 nitrogen and oxygen atoms in total. The van der Waals surface area contributed by atoms with E-state index in [-0.39, 0.29) is 22.9 Å². The third kappa shape index (κ3) is 3.69. The van der Waals surface area contributed by atoms with E-state index in [1.807, 2.05) is 30.0 Å². The van der Waals surface area contributed by atoms with E-state index in [4.69, 9.17) is 0 Å². The van der Waals surface area contributed by atoms with Crippen LogP contribution in [0.4, 0.5) is 0 Å². The lowest BCUT2D eigenvalue weighted by Crippen LogP contribution is -2.36. The molecule has 0 bridgehead atoms. The maximum Gasteiger partial charge on any atom is 0.254 e. The molecular weight excluding hydrogens is 374 g/mol. The van der Waals surface area contributed by atoms with Gasteiger partial charge in [-0.3, -0.25) is 9.78 Å². The summed E-state index contributed by atoms with van der Waals surface area (Å²) in [7, 11) is -3.55. The number of pyridine rings is 1. The van der Waals surface area contributed by atoms with Crippen molar-refractivity contribution >= 4 is 15.9 Å². The van der Waals surface area contributed by atoms with Crippen molar-refractivity contribution in [3.63, 3.8) is 0 Å². The molecular formula is C21H25N3O3S. The summed E-state index contributed by atoms with van der Waals surface area (Å²) in [5.74, 6) is -0.140. The number of benzene rings is 1. The van der Waals surface area contributed by atoms with Crippen molar-refractivity contribution in [1.29, 1.82) is 0 Å². The number of amides is 1. The van der Waals surface area contributed by atoms with E-state index in [0.717, 1.165) is 31.4 Å². The van der Waals surface area contributed by atoms with Crippen molar-refractivity contribution < 1.29 is 13.2 Å². The maximum atomic E-state index is 13.3. The number of rotatable bonds is 6. The first-order valence-electron chi connectivity index (χ1n) is 9.82. The summed E-state index contributed by atoms with van der Waals surface area (Å²) in [5, 5.41) is 0. The monoisotopic (exact) mass is 399 g/mol. The second kappa shape index (κ2) is 7.64. The average Bonchev–Trinajstić information content (AvgIpc) is 3.39. The molecule has 148 valence electrons. The molecule has 1 atom stereocenters. The largest absolute Gasteiger partial charge is 0.327 e. The van der Waals surface area contributed by atoms with Crippen LogP contribution in [-0.4, -0.2) is 47.6 Å². The van der Waals surface area contributed by atoms with Crippen LogP contribution < -0.4 is 0 Å². The highest BCUT2D eigenvalue weighted by Crippen LogP contribution is 2.35. The minimum Gasteiger partial charge on any atom is -0.327 e. The summed E-state index contributed by atoms with van der Waals surface area (Å²) in [6.45, 7) is 3.07. The lowest BCUT2D eigenvalue weighted by atomic mass is 10.1. The van der Waals surface area contributed by atoms with Crippen molar-refractivity contribution in [3.05, 3.63) is 59.9 Å². The van der Waals surface area contributed by atoms with Crippen LogP contribution in [0, 0.1) is 0 Å². The number of hydrogen-bond acceptors (Lipinski definition) is 4. The van der Waals surface area contributed by atoms with Gasteiger partial charge in [-0.25, -0.2) is 8.42 Å². The van der Waals surface area contributed by atoms with Crippen LogP contribution in [0.3, 0.4) is 0 Å². The molecule has 1 aliphatic heterocycles. The van der Waals surface area contributed by atoms with Gasteiger partial charge in [0.1, 0.15) is 0 Å². The Morgan fingerprint density at radius 1 is 1.14 bits per heavy atom. The maximum absolute atomic E-state index is 13.3. The van der Waals surface area contributed by atoms with E-state index in [2.05, 4.69) is 4.98 Å². The van der Waals surface area contributed by atoms with Crippen LogP contribution in [0.25, 0.3) is 0 Å². The predicted octanol–water partition coefficient (Wildman–Crippen LogP) is 3.23. The molecule has 2 fully saturated rings. The van der Waals surface area contributed by atoms with Gasteiger partial charge >= 0.3 is 0 Å². The van der Waals surface area contributed by atoms with Crippen LogP contribution in [0.15, 0.2) is 53.6 Å². The van der Waals surface area contributed by atoms with Gasteiger partial charge in [-0.1, -0.05) is 12.1 Å². The fourth-order valence-corrected chi connectivity index (χ4v) is 5.36. The number of hydrogen-bond donors (Lipinski definition) is 0. The van der Waals surface area contributed by atoms with Crippen LogP contribution in [0.1, 0.15) is 54.7 Å². The van der Waals surface area contributed by atoms with E-state index >= 15 is 0 Å². The summed E-state index contributed by atoms with van der Waals surface area (Å²) < 4.78 is 27.2. The van der Waals surface area contributed by atoms with Crippen molar-refractivity contribution in [2.75, 3.05) is 13.1 Å². The number of nitrogens with zero attached hydrogens (tertiary/aromatic N) is 3. The Labute approximate surface area is 166 Å². The quantitative estimate of drug-likeness (QED) is 0.748. The zero-order valence-corrected chi connectivity index (χ0v) is 16.8. The second-order valence-electron chi connectivity index (χ2n) is 7.51. The molecule has 0 spiro atoms. The van der Waals surface area contributed by atoms with Gasteiger partial charge in [-0.15, -0.1) is 0 Å². The van der Waals surface area contributed by atoms with E-state index in [1.165, 1.54) is 10.4 Å². The molecule has 1 aliphatic carbocycles. The van der Waals surface area contributed by atoms with Gasteiger partial charge in [0, 0.05) is 30.9 Å². The first-order valence-corrected chi connectivity index (χ1v) is 11.3. The summed E-state index contributed by atoms with van der Waals surface area (Å²) in [6.07, 6.45) is 5.43. The van der Waals surface area contributed by atoms with Gasteiger partial charge in [0.2, 0.25) is 10.0 Å². The average molecular weight is 400 g/mol. The molecule has 1 aromatic heterocycles. The topological polar surface area (TPSA) is 70.6 Å². The fourth-order valence-electron chi connectivity index (χ4n) is 3.79. The lowest BCUT2D eigenvalue weighted by Gasteiger charge is -2.29. The smallest absolute Gasteiger partial charge is 0.254 e. The molecule has 0 N–H and O–H groups in total. The Balaban J connectivity index is 1.63. The number of sulfonamides is 1. The predicted molar refractivity (Wildman–Crippen MR) is 106 cm³/mol. The van der Waals surface area contributed by atoms with Gasteiger partial charge in [-0.2, -0.15) is 4.31 Å². The minimum atomic E-state index is -3.55. The summed E-state index contributed by atoms with van der Waals surface area (Å²) in [4.78, 5) is 19.8. The number of carbonyl (C=O) groups excluding carboxylic acids is 1. The SMILES string of the molecule is CC(c1ccccn1)N(C(=O)c1cccc(S(=O)(=O)N2CCCC2)c1)C1CC1.